The zero-order valence-electron chi connectivity index (χ0n) is 12.8. The first-order valence-electron chi connectivity index (χ1n) is 7.80. The van der Waals surface area contributed by atoms with Crippen LogP contribution in [0.3, 0.4) is 0 Å². The Bertz CT molecular complexity index is 680. The van der Waals surface area contributed by atoms with Gasteiger partial charge in [0.15, 0.2) is 5.69 Å². The van der Waals surface area contributed by atoms with Gasteiger partial charge in [-0.2, -0.15) is 5.10 Å². The minimum atomic E-state index is -0.277. The maximum atomic E-state index is 12.6. The van der Waals surface area contributed by atoms with Crippen LogP contribution in [0.15, 0.2) is 23.6 Å². The number of thiophene rings is 1. The van der Waals surface area contributed by atoms with Gasteiger partial charge in [-0.1, -0.05) is 6.07 Å². The van der Waals surface area contributed by atoms with Crippen LogP contribution in [0.25, 0.3) is 10.6 Å². The van der Waals surface area contributed by atoms with Crippen LogP contribution in [-0.4, -0.2) is 40.0 Å². The van der Waals surface area contributed by atoms with Gasteiger partial charge in [-0.05, 0) is 42.7 Å². The van der Waals surface area contributed by atoms with Gasteiger partial charge in [0.25, 0.3) is 5.91 Å². The Labute approximate surface area is 138 Å². The van der Waals surface area contributed by atoms with Gasteiger partial charge in [0.2, 0.25) is 5.91 Å². The van der Waals surface area contributed by atoms with E-state index in [9.17, 15) is 9.59 Å². The molecule has 1 aliphatic rings. The summed E-state index contributed by atoms with van der Waals surface area (Å²) in [6.45, 7) is 1.42. The SMILES string of the molecule is NC(=O)CCC1CCCN(C(=O)c2cc(-c3cccs3)[nH]n2)C1. The fourth-order valence-electron chi connectivity index (χ4n) is 2.98. The van der Waals surface area contributed by atoms with Gasteiger partial charge in [-0.15, -0.1) is 11.3 Å². The number of nitrogens with one attached hydrogen (secondary N) is 1. The lowest BCUT2D eigenvalue weighted by Crippen LogP contribution is -2.40. The van der Waals surface area contributed by atoms with Crippen molar-refractivity contribution in [2.75, 3.05) is 13.1 Å². The number of rotatable bonds is 5. The van der Waals surface area contributed by atoms with E-state index in [4.69, 9.17) is 5.73 Å². The van der Waals surface area contributed by atoms with Crippen LogP contribution in [0.4, 0.5) is 0 Å². The smallest absolute Gasteiger partial charge is 0.274 e. The Morgan fingerprint density at radius 1 is 1.48 bits per heavy atom. The van der Waals surface area contributed by atoms with Gasteiger partial charge in [-0.3, -0.25) is 14.7 Å². The molecular formula is C16H20N4O2S. The summed E-state index contributed by atoms with van der Waals surface area (Å²) in [4.78, 5) is 26.4. The van der Waals surface area contributed by atoms with Crippen LogP contribution >= 0.6 is 11.3 Å². The Morgan fingerprint density at radius 3 is 3.09 bits per heavy atom. The predicted molar refractivity (Wildman–Crippen MR) is 89.0 cm³/mol. The monoisotopic (exact) mass is 332 g/mol. The maximum Gasteiger partial charge on any atom is 0.274 e. The largest absolute Gasteiger partial charge is 0.370 e. The molecule has 0 spiro atoms. The third-order valence-electron chi connectivity index (χ3n) is 4.19. The van der Waals surface area contributed by atoms with Gasteiger partial charge >= 0.3 is 0 Å². The number of aromatic amines is 1. The molecule has 0 radical (unpaired) electrons. The molecule has 3 N–H and O–H groups in total. The number of H-pyrrole nitrogens is 1. The summed E-state index contributed by atoms with van der Waals surface area (Å²) in [7, 11) is 0. The van der Waals surface area contributed by atoms with Crippen molar-refractivity contribution in [3.8, 4) is 10.6 Å². The van der Waals surface area contributed by atoms with Crippen LogP contribution < -0.4 is 5.73 Å². The summed E-state index contributed by atoms with van der Waals surface area (Å²) < 4.78 is 0. The van der Waals surface area contributed by atoms with E-state index in [0.717, 1.165) is 36.4 Å². The van der Waals surface area contributed by atoms with E-state index in [2.05, 4.69) is 10.2 Å². The molecule has 3 rings (SSSR count). The lowest BCUT2D eigenvalue weighted by atomic mass is 9.93. The van der Waals surface area contributed by atoms with Crippen molar-refractivity contribution in [1.82, 2.24) is 15.1 Å². The van der Waals surface area contributed by atoms with E-state index < -0.39 is 0 Å². The summed E-state index contributed by atoms with van der Waals surface area (Å²) in [6.07, 6.45) is 3.13. The zero-order chi connectivity index (χ0) is 16.2. The van der Waals surface area contributed by atoms with Crippen LogP contribution in [0.2, 0.25) is 0 Å². The van der Waals surface area contributed by atoms with Crippen molar-refractivity contribution in [2.24, 2.45) is 11.7 Å². The van der Waals surface area contributed by atoms with Gasteiger partial charge in [-0.25, -0.2) is 0 Å². The number of likely N-dealkylation sites (tertiary alicyclic amines) is 1. The fourth-order valence-corrected chi connectivity index (χ4v) is 3.68. The fraction of sp³-hybridized carbons (Fsp3) is 0.438. The van der Waals surface area contributed by atoms with Crippen LogP contribution in [0.5, 0.6) is 0 Å². The molecule has 3 heterocycles. The van der Waals surface area contributed by atoms with Crippen LogP contribution in [-0.2, 0) is 4.79 Å². The highest BCUT2D eigenvalue weighted by molar-refractivity contribution is 7.13. The summed E-state index contributed by atoms with van der Waals surface area (Å²) in [5.41, 5.74) is 6.53. The van der Waals surface area contributed by atoms with E-state index in [1.165, 1.54) is 0 Å². The summed E-state index contributed by atoms with van der Waals surface area (Å²) in [6, 6.07) is 5.77. The van der Waals surface area contributed by atoms with Crippen molar-refractivity contribution in [1.29, 1.82) is 0 Å². The molecule has 1 unspecified atom stereocenters. The summed E-state index contributed by atoms with van der Waals surface area (Å²) >= 11 is 1.61. The number of amides is 2. The number of carbonyl (C=O) groups excluding carboxylic acids is 2. The third kappa shape index (κ3) is 3.79. The standard InChI is InChI=1S/C16H20N4O2S/c17-15(21)6-5-11-3-1-7-20(10-11)16(22)13-9-12(18-19-13)14-4-2-8-23-14/h2,4,8-9,11H,1,3,5-7,10H2,(H2,17,21)(H,18,19). The number of hydrogen-bond donors (Lipinski definition) is 2. The second kappa shape index (κ2) is 6.95. The third-order valence-corrected chi connectivity index (χ3v) is 5.09. The number of nitrogens with zero attached hydrogens (tertiary/aromatic N) is 2. The van der Waals surface area contributed by atoms with Gasteiger partial charge < -0.3 is 10.6 Å². The lowest BCUT2D eigenvalue weighted by molar-refractivity contribution is -0.118. The molecule has 0 aromatic carbocycles. The summed E-state index contributed by atoms with van der Waals surface area (Å²) in [5.74, 6) is 0.0186. The number of aromatic nitrogens is 2. The number of nitrogens with two attached hydrogens (primary N) is 1. The first kappa shape index (κ1) is 15.7. The Hall–Kier alpha value is -2.15. The topological polar surface area (TPSA) is 92.1 Å². The average molecular weight is 332 g/mol. The van der Waals surface area contributed by atoms with Crippen molar-refractivity contribution in [3.05, 3.63) is 29.3 Å². The minimum Gasteiger partial charge on any atom is -0.370 e. The molecule has 1 saturated heterocycles. The first-order chi connectivity index (χ1) is 11.1. The van der Waals surface area contributed by atoms with Crippen molar-refractivity contribution < 1.29 is 9.59 Å². The molecular weight excluding hydrogens is 312 g/mol. The molecule has 1 fully saturated rings. The van der Waals surface area contributed by atoms with E-state index in [1.807, 2.05) is 22.4 Å². The molecule has 0 saturated carbocycles. The predicted octanol–water partition coefficient (Wildman–Crippen LogP) is 2.26. The van der Waals surface area contributed by atoms with Gasteiger partial charge in [0.1, 0.15) is 0 Å². The highest BCUT2D eigenvalue weighted by atomic mass is 32.1. The maximum absolute atomic E-state index is 12.6. The molecule has 1 atom stereocenters. The number of primary amides is 1. The average Bonchev–Trinajstić information content (AvgIpc) is 3.23. The van der Waals surface area contributed by atoms with E-state index in [1.54, 1.807) is 17.4 Å². The quantitative estimate of drug-likeness (QED) is 0.879. The highest BCUT2D eigenvalue weighted by Gasteiger charge is 2.26. The molecule has 6 nitrogen and oxygen atoms in total. The number of carbonyl (C=O) groups is 2. The second-order valence-electron chi connectivity index (χ2n) is 5.91. The van der Waals surface area contributed by atoms with Crippen molar-refractivity contribution >= 4 is 23.2 Å². The molecule has 2 amide bonds. The minimum absolute atomic E-state index is 0.0483. The molecule has 2 aromatic rings. The van der Waals surface area contributed by atoms with E-state index in [0.29, 0.717) is 24.6 Å². The highest BCUT2D eigenvalue weighted by Crippen LogP contribution is 2.25. The normalized spacial score (nSPS) is 18.1. The van der Waals surface area contributed by atoms with Crippen molar-refractivity contribution in [2.45, 2.75) is 25.7 Å². The first-order valence-corrected chi connectivity index (χ1v) is 8.68. The number of piperidine rings is 1. The molecule has 23 heavy (non-hydrogen) atoms. The van der Waals surface area contributed by atoms with Crippen molar-refractivity contribution in [3.63, 3.8) is 0 Å². The Balaban J connectivity index is 1.64. The molecule has 2 aromatic heterocycles. The van der Waals surface area contributed by atoms with Gasteiger partial charge in [0, 0.05) is 19.5 Å². The Morgan fingerprint density at radius 2 is 2.35 bits per heavy atom. The Kier molecular flexibility index (Phi) is 4.76. The zero-order valence-corrected chi connectivity index (χ0v) is 13.6. The van der Waals surface area contributed by atoms with E-state index >= 15 is 0 Å². The van der Waals surface area contributed by atoms with Crippen LogP contribution in [0.1, 0.15) is 36.2 Å². The van der Waals surface area contributed by atoms with Crippen LogP contribution in [0, 0.1) is 5.92 Å². The second-order valence-corrected chi connectivity index (χ2v) is 6.86. The number of hydrogen-bond acceptors (Lipinski definition) is 4. The molecule has 0 aliphatic carbocycles. The molecule has 122 valence electrons. The summed E-state index contributed by atoms with van der Waals surface area (Å²) in [5, 5.41) is 9.09. The van der Waals surface area contributed by atoms with Gasteiger partial charge in [0.05, 0.1) is 10.6 Å². The molecule has 1 aliphatic heterocycles. The molecule has 0 bridgehead atoms. The van der Waals surface area contributed by atoms with E-state index in [-0.39, 0.29) is 11.8 Å². The lowest BCUT2D eigenvalue weighted by Gasteiger charge is -2.32. The molecule has 7 heteroatoms.